The predicted molar refractivity (Wildman–Crippen MR) is 179 cm³/mol. The van der Waals surface area contributed by atoms with Gasteiger partial charge in [0.05, 0.1) is 30.3 Å². The molecule has 4 aliphatic rings. The average molecular weight is 698 g/mol. The van der Waals surface area contributed by atoms with E-state index in [4.69, 9.17) is 24.7 Å². The Kier molecular flexibility index (Phi) is 10.5. The Balaban J connectivity index is 1.61. The number of aliphatic hydroxyl groups excluding tert-OH is 1. The zero-order chi connectivity index (χ0) is 37.0. The fourth-order valence-electron chi connectivity index (χ4n) is 9.88. The first-order chi connectivity index (χ1) is 23.4. The minimum atomic E-state index is -1.73. The molecule has 50 heavy (non-hydrogen) atoms. The standard InChI is InChI=1S/C36H50BN2O11/c1-18-22(49-32(44)29(50-25(41)15-38)27(37-17-39-46)21-11-9-8-10-12-21)14-36(45)19(2)30-34(6)16-47-23(34)13-24(48-20(3)40)35(30,7)31(43)28(42)26(18)33(36,4)5/h8-12,19,22-24,27-30,39,42,45-46H,13-17,38H2,1-7H3/t19-,22-,23+,24-,27-,28+,29+,30+,34+,35+,36+/m0/s1. The second-order valence-electron chi connectivity index (χ2n) is 15.4. The van der Waals surface area contributed by atoms with Crippen LogP contribution >= 0.6 is 0 Å². The summed E-state index contributed by atoms with van der Waals surface area (Å²) < 4.78 is 23.5. The summed E-state index contributed by atoms with van der Waals surface area (Å²) in [4.78, 5) is 53.9. The Labute approximate surface area is 293 Å². The van der Waals surface area contributed by atoms with Crippen molar-refractivity contribution < 1.29 is 53.5 Å². The van der Waals surface area contributed by atoms with E-state index >= 15 is 0 Å². The van der Waals surface area contributed by atoms with Crippen LogP contribution in [0.3, 0.4) is 0 Å². The number of nitrogens with one attached hydrogen (secondary N) is 1. The molecule has 1 radical (unpaired) electrons. The lowest BCUT2D eigenvalue weighted by Gasteiger charge is -2.68. The SMILES string of the molecule is CC(=O)O[C@H]1C[C@H]2OC[C@@]2(C)[C@H]2[C@H](C)[C@]3(O)C[C@H](OC(=O)[C@H](OC(=O)CN)[C@@H]([B]CNO)c4ccccc4)C(C)=C([C@@H](O)C(=O)[C@]12C)C3(C)C. The van der Waals surface area contributed by atoms with Crippen molar-refractivity contribution in [3.05, 3.63) is 47.0 Å². The molecule has 2 bridgehead atoms. The molecular weight excluding hydrogens is 647 g/mol. The Morgan fingerprint density at radius 2 is 1.80 bits per heavy atom. The maximum Gasteiger partial charge on any atom is 0.347 e. The summed E-state index contributed by atoms with van der Waals surface area (Å²) in [6, 6.07) is 8.75. The van der Waals surface area contributed by atoms with Crippen molar-refractivity contribution in [2.45, 2.75) is 103 Å². The molecule has 1 heterocycles. The van der Waals surface area contributed by atoms with Crippen LogP contribution in [0.4, 0.5) is 0 Å². The summed E-state index contributed by atoms with van der Waals surface area (Å²) in [5.41, 5.74) is 3.93. The highest BCUT2D eigenvalue weighted by Gasteiger charge is 2.73. The largest absolute Gasteiger partial charge is 0.461 e. The number of fused-ring (bicyclic) bond motifs is 5. The molecule has 14 heteroatoms. The van der Waals surface area contributed by atoms with Crippen molar-refractivity contribution in [2.75, 3.05) is 19.6 Å². The van der Waals surface area contributed by atoms with Crippen molar-refractivity contribution in [3.63, 3.8) is 0 Å². The second-order valence-corrected chi connectivity index (χ2v) is 15.4. The van der Waals surface area contributed by atoms with Crippen LogP contribution < -0.4 is 11.2 Å². The molecule has 1 saturated heterocycles. The number of rotatable bonds is 10. The van der Waals surface area contributed by atoms with E-state index in [1.54, 1.807) is 65.3 Å². The number of ketones is 1. The van der Waals surface area contributed by atoms with Crippen LogP contribution in [-0.2, 0) is 38.1 Å². The third-order valence-corrected chi connectivity index (χ3v) is 12.4. The van der Waals surface area contributed by atoms with Crippen LogP contribution in [0.25, 0.3) is 0 Å². The number of ether oxygens (including phenoxy) is 4. The van der Waals surface area contributed by atoms with Gasteiger partial charge >= 0.3 is 17.9 Å². The molecule has 273 valence electrons. The lowest BCUT2D eigenvalue weighted by atomic mass is 9.40. The fraction of sp³-hybridized carbons (Fsp3) is 0.667. The molecule has 3 fully saturated rings. The first-order valence-corrected chi connectivity index (χ1v) is 17.2. The lowest BCUT2D eigenvalue weighted by molar-refractivity contribution is -0.303. The minimum absolute atomic E-state index is 0.0618. The summed E-state index contributed by atoms with van der Waals surface area (Å²) >= 11 is 0. The molecule has 2 saturated carbocycles. The fourth-order valence-corrected chi connectivity index (χ4v) is 9.88. The van der Waals surface area contributed by atoms with Gasteiger partial charge in [-0.1, -0.05) is 58.0 Å². The van der Waals surface area contributed by atoms with E-state index in [0.29, 0.717) is 17.7 Å². The van der Waals surface area contributed by atoms with E-state index in [-0.39, 0.29) is 31.0 Å². The summed E-state index contributed by atoms with van der Waals surface area (Å²) in [6.45, 7) is 11.9. The molecule has 0 spiro atoms. The highest BCUT2D eigenvalue weighted by molar-refractivity contribution is 6.39. The van der Waals surface area contributed by atoms with Gasteiger partial charge in [0, 0.05) is 36.4 Å². The highest BCUT2D eigenvalue weighted by atomic mass is 16.6. The van der Waals surface area contributed by atoms with E-state index < -0.39 is 94.2 Å². The molecule has 1 aromatic rings. The maximum absolute atomic E-state index is 14.8. The normalized spacial score (nSPS) is 37.1. The van der Waals surface area contributed by atoms with Gasteiger partial charge in [-0.2, -0.15) is 0 Å². The topological polar surface area (TPSA) is 204 Å². The van der Waals surface area contributed by atoms with Crippen LogP contribution in [0.2, 0.25) is 0 Å². The summed E-state index contributed by atoms with van der Waals surface area (Å²) in [5.74, 6) is -5.07. The molecule has 3 aliphatic carbocycles. The van der Waals surface area contributed by atoms with Crippen LogP contribution in [-0.4, -0.2) is 102 Å². The zero-order valence-corrected chi connectivity index (χ0v) is 29.8. The number of hydroxylamine groups is 1. The van der Waals surface area contributed by atoms with Crippen molar-refractivity contribution in [1.82, 2.24) is 5.48 Å². The van der Waals surface area contributed by atoms with Gasteiger partial charge in [-0.3, -0.25) is 14.4 Å². The van der Waals surface area contributed by atoms with Gasteiger partial charge in [0.2, 0.25) is 0 Å². The van der Waals surface area contributed by atoms with Crippen LogP contribution in [0, 0.1) is 28.1 Å². The molecule has 5 rings (SSSR count). The third kappa shape index (κ3) is 5.91. The Morgan fingerprint density at radius 3 is 2.36 bits per heavy atom. The number of carbonyl (C=O) groups excluding carboxylic acids is 4. The maximum atomic E-state index is 14.8. The number of esters is 3. The van der Waals surface area contributed by atoms with Crippen LogP contribution in [0.15, 0.2) is 41.5 Å². The number of hydrogen-bond acceptors (Lipinski definition) is 13. The van der Waals surface area contributed by atoms with Gasteiger partial charge in [0.15, 0.2) is 11.9 Å². The van der Waals surface area contributed by atoms with E-state index in [1.165, 1.54) is 6.92 Å². The zero-order valence-electron chi connectivity index (χ0n) is 29.8. The molecule has 0 unspecified atom stereocenters. The van der Waals surface area contributed by atoms with E-state index in [9.17, 15) is 34.6 Å². The predicted octanol–water partition coefficient (Wildman–Crippen LogP) is 1.57. The van der Waals surface area contributed by atoms with Gasteiger partial charge in [0.25, 0.3) is 0 Å². The van der Waals surface area contributed by atoms with Gasteiger partial charge < -0.3 is 40.1 Å². The van der Waals surface area contributed by atoms with Crippen molar-refractivity contribution in [3.8, 4) is 0 Å². The number of Topliss-reactive ketones (excluding diaryl/α,β-unsaturated/α-hetero) is 1. The van der Waals surface area contributed by atoms with Crippen molar-refractivity contribution >= 4 is 31.0 Å². The molecular formula is C36H50BN2O11. The first-order valence-electron chi connectivity index (χ1n) is 17.2. The summed E-state index contributed by atoms with van der Waals surface area (Å²) in [6.07, 6.45) is -5.56. The molecule has 6 N–H and O–H groups in total. The van der Waals surface area contributed by atoms with E-state index in [1.807, 2.05) is 19.3 Å². The Bertz CT molecular complexity index is 1540. The van der Waals surface area contributed by atoms with Gasteiger partial charge in [0.1, 0.15) is 25.6 Å². The van der Waals surface area contributed by atoms with Crippen molar-refractivity contribution in [1.29, 1.82) is 0 Å². The molecule has 0 aromatic heterocycles. The number of benzene rings is 1. The molecule has 1 aromatic carbocycles. The summed E-state index contributed by atoms with van der Waals surface area (Å²) in [5, 5.41) is 34.5. The van der Waals surface area contributed by atoms with Crippen molar-refractivity contribution in [2.24, 2.45) is 33.8 Å². The van der Waals surface area contributed by atoms with Gasteiger partial charge in [-0.15, -0.1) is 0 Å². The number of carbonyl (C=O) groups is 4. The molecule has 11 atom stereocenters. The minimum Gasteiger partial charge on any atom is -0.461 e. The number of aliphatic hydroxyl groups is 2. The Hall–Kier alpha value is -3.14. The van der Waals surface area contributed by atoms with E-state index in [0.717, 1.165) is 0 Å². The smallest absolute Gasteiger partial charge is 0.347 e. The quantitative estimate of drug-likeness (QED) is 0.0776. The number of nitrogens with two attached hydrogens (primary N) is 1. The van der Waals surface area contributed by atoms with E-state index in [2.05, 4.69) is 0 Å². The molecule has 1 aliphatic heterocycles. The molecule has 13 nitrogen and oxygen atoms in total. The molecule has 0 amide bonds. The highest BCUT2D eigenvalue weighted by Crippen LogP contribution is 2.67. The summed E-state index contributed by atoms with van der Waals surface area (Å²) in [7, 11) is 1.56. The first kappa shape index (κ1) is 38.1. The van der Waals surface area contributed by atoms with Crippen LogP contribution in [0.1, 0.15) is 72.7 Å². The second kappa shape index (κ2) is 13.8. The monoisotopic (exact) mass is 697 g/mol. The van der Waals surface area contributed by atoms with Gasteiger partial charge in [-0.25, -0.2) is 10.3 Å². The Morgan fingerprint density at radius 1 is 1.14 bits per heavy atom. The lowest BCUT2D eigenvalue weighted by Crippen LogP contribution is -2.75. The average Bonchev–Trinajstić information content (AvgIpc) is 3.06. The van der Waals surface area contributed by atoms with Gasteiger partial charge in [-0.05, 0) is 48.8 Å². The van der Waals surface area contributed by atoms with Crippen LogP contribution in [0.5, 0.6) is 0 Å². The number of hydrogen-bond donors (Lipinski definition) is 5. The third-order valence-electron chi connectivity index (χ3n) is 12.4.